The normalized spacial score (nSPS) is 16.9. The van der Waals surface area contributed by atoms with E-state index in [0.717, 1.165) is 93.3 Å². The minimum atomic E-state index is -0.281. The maximum absolute atomic E-state index is 7.31. The quantitative estimate of drug-likeness (QED) is 0.113. The van der Waals surface area contributed by atoms with Gasteiger partial charge in [-0.1, -0.05) is 212 Å². The van der Waals surface area contributed by atoms with Crippen molar-refractivity contribution in [2.45, 2.75) is 51.4 Å². The van der Waals surface area contributed by atoms with Crippen LogP contribution in [-0.2, 0) is 5.41 Å². The van der Waals surface area contributed by atoms with Crippen molar-refractivity contribution in [3.8, 4) is 79.2 Å². The lowest BCUT2D eigenvalue weighted by molar-refractivity contribution is 0.358. The highest BCUT2D eigenvalue weighted by Crippen LogP contribution is 2.64. The van der Waals surface area contributed by atoms with E-state index in [0.29, 0.717) is 17.5 Å². The molecule has 1 aromatic heterocycles. The summed E-state index contributed by atoms with van der Waals surface area (Å²) in [6.45, 7) is 10.7. The fourth-order valence-electron chi connectivity index (χ4n) is 10.9. The summed E-state index contributed by atoms with van der Waals surface area (Å²) in [6, 6.07) is 61.9. The molecule has 2 unspecified atom stereocenters. The molecule has 0 saturated carbocycles. The second-order valence-corrected chi connectivity index (χ2v) is 18.1. The summed E-state index contributed by atoms with van der Waals surface area (Å²) in [6.07, 6.45) is 22.0. The average molecular weight is 923 g/mol. The number of nitrogens with zero attached hydrogens (tertiary/aromatic N) is 2. The first kappa shape index (κ1) is 46.4. The molecule has 2 heterocycles. The molecule has 3 aliphatic carbocycles. The molecule has 348 valence electrons. The van der Waals surface area contributed by atoms with E-state index in [1.807, 2.05) is 50.3 Å². The Balaban J connectivity index is 0.000000679. The van der Waals surface area contributed by atoms with Crippen molar-refractivity contribution in [3.05, 3.63) is 260 Å². The zero-order chi connectivity index (χ0) is 48.6. The van der Waals surface area contributed by atoms with E-state index < -0.39 is 0 Å². The van der Waals surface area contributed by atoms with E-state index in [-0.39, 0.29) is 5.41 Å². The smallest absolute Gasteiger partial charge is 0.177 e. The van der Waals surface area contributed by atoms with Gasteiger partial charge in [0.2, 0.25) is 0 Å². The van der Waals surface area contributed by atoms with Crippen LogP contribution < -0.4 is 9.47 Å². The minimum absolute atomic E-state index is 0.281. The van der Waals surface area contributed by atoms with Gasteiger partial charge in [0.05, 0.1) is 11.4 Å². The molecule has 8 aromatic rings. The van der Waals surface area contributed by atoms with Gasteiger partial charge in [-0.25, -0.2) is 9.97 Å². The van der Waals surface area contributed by atoms with Gasteiger partial charge >= 0.3 is 0 Å². The Kier molecular flexibility index (Phi) is 13.8. The molecule has 0 bridgehead atoms. The Morgan fingerprint density at radius 1 is 0.563 bits per heavy atom. The Hall–Kier alpha value is -8.34. The minimum Gasteiger partial charge on any atom is -0.449 e. The molecule has 7 aromatic carbocycles. The van der Waals surface area contributed by atoms with E-state index in [1.165, 1.54) is 28.7 Å². The van der Waals surface area contributed by atoms with Gasteiger partial charge in [0.15, 0.2) is 28.8 Å². The molecule has 71 heavy (non-hydrogen) atoms. The molecule has 0 N–H and O–H groups in total. The van der Waals surface area contributed by atoms with Gasteiger partial charge in [0.25, 0.3) is 0 Å². The molecular formula is C67H58N2O2. The van der Waals surface area contributed by atoms with Crippen molar-refractivity contribution in [2.24, 2.45) is 5.92 Å². The monoisotopic (exact) mass is 922 g/mol. The zero-order valence-electron chi connectivity index (χ0n) is 40.6. The zero-order valence-corrected chi connectivity index (χ0v) is 40.6. The summed E-state index contributed by atoms with van der Waals surface area (Å²) >= 11 is 0. The van der Waals surface area contributed by atoms with Crippen LogP contribution in [-0.4, -0.2) is 9.97 Å². The third-order valence-electron chi connectivity index (χ3n) is 13.8. The lowest BCUT2D eigenvalue weighted by Gasteiger charge is -2.42. The number of hydrogen-bond acceptors (Lipinski definition) is 4. The van der Waals surface area contributed by atoms with Crippen LogP contribution in [0.5, 0.6) is 23.0 Å². The van der Waals surface area contributed by atoms with E-state index in [4.69, 9.17) is 19.4 Å². The number of allylic oxidation sites excluding steroid dienone is 10. The number of para-hydroxylation sites is 1. The summed E-state index contributed by atoms with van der Waals surface area (Å²) in [4.78, 5) is 10.4. The summed E-state index contributed by atoms with van der Waals surface area (Å²) in [7, 11) is 0. The van der Waals surface area contributed by atoms with Crippen molar-refractivity contribution in [1.29, 1.82) is 0 Å². The number of aromatic nitrogens is 2. The molecule has 12 rings (SSSR count). The molecule has 4 heteroatoms. The van der Waals surface area contributed by atoms with Crippen LogP contribution in [0.2, 0.25) is 0 Å². The van der Waals surface area contributed by atoms with Gasteiger partial charge in [-0.3, -0.25) is 0 Å². The van der Waals surface area contributed by atoms with Crippen molar-refractivity contribution < 1.29 is 9.47 Å². The molecule has 4 aliphatic rings. The Morgan fingerprint density at radius 2 is 1.20 bits per heavy atom. The Labute approximate surface area is 419 Å². The predicted molar refractivity (Wildman–Crippen MR) is 296 cm³/mol. The summed E-state index contributed by atoms with van der Waals surface area (Å²) in [5.41, 5.74) is 15.6. The molecular weight excluding hydrogens is 865 g/mol. The maximum atomic E-state index is 7.31. The highest BCUT2D eigenvalue weighted by atomic mass is 16.6. The summed E-state index contributed by atoms with van der Waals surface area (Å²) in [5.74, 6) is 4.01. The molecule has 0 radical (unpaired) electrons. The predicted octanol–water partition coefficient (Wildman–Crippen LogP) is 18.4. The Morgan fingerprint density at radius 3 is 1.92 bits per heavy atom. The lowest BCUT2D eigenvalue weighted by atomic mass is 9.60. The summed E-state index contributed by atoms with van der Waals surface area (Å²) in [5, 5.41) is 0. The molecule has 4 nitrogen and oxygen atoms in total. The van der Waals surface area contributed by atoms with Crippen molar-refractivity contribution in [1.82, 2.24) is 9.97 Å². The third kappa shape index (κ3) is 8.94. The van der Waals surface area contributed by atoms with Crippen LogP contribution >= 0.6 is 0 Å². The second-order valence-electron chi connectivity index (χ2n) is 18.1. The first-order chi connectivity index (χ1) is 35.1. The average Bonchev–Trinajstić information content (AvgIpc) is 3.75. The summed E-state index contributed by atoms with van der Waals surface area (Å²) < 4.78 is 14.2. The largest absolute Gasteiger partial charge is 0.449 e. The molecule has 0 amide bonds. The first-order valence-electron chi connectivity index (χ1n) is 24.9. The molecule has 0 saturated heterocycles. The van der Waals surface area contributed by atoms with Crippen molar-refractivity contribution >= 4 is 5.57 Å². The Bertz CT molecular complexity index is 3340. The van der Waals surface area contributed by atoms with E-state index >= 15 is 0 Å². The standard InChI is InChI=1S/C59H44N2O2.C5H8.C3H6/c1-5-19-39(20-6-1)45-29-13-14-30-47(45)52-38-51(60-58(61-52)40-21-7-2-8-22-40)42-24-17-23-41(37-42)46-32-18-34-53-56(46)63-57-54(62-53)36-35-50-55(57)48-31-15-16-33-49(48)59(50,43-25-9-3-10-26-43)44-27-11-4-12-28-44;1-3-5-4-2;1-3-2/h1-14,17-27,29-30,32,34-38,44H,15-16,28,31,33H2;3-5H,1H2,2H3;3H,1H2,2H3/b;5-4-;. The van der Waals surface area contributed by atoms with Gasteiger partial charge < -0.3 is 9.47 Å². The van der Waals surface area contributed by atoms with Crippen molar-refractivity contribution in [2.75, 3.05) is 0 Å². The molecule has 1 aliphatic heterocycles. The highest BCUT2D eigenvalue weighted by Gasteiger charge is 2.52. The van der Waals surface area contributed by atoms with E-state index in [1.54, 1.807) is 17.7 Å². The van der Waals surface area contributed by atoms with Crippen LogP contribution in [0, 0.1) is 5.92 Å². The van der Waals surface area contributed by atoms with E-state index in [2.05, 4.69) is 189 Å². The van der Waals surface area contributed by atoms with Gasteiger partial charge in [0.1, 0.15) is 0 Å². The second kappa shape index (κ2) is 21.1. The van der Waals surface area contributed by atoms with Crippen LogP contribution in [0.4, 0.5) is 0 Å². The first-order valence-corrected chi connectivity index (χ1v) is 24.9. The van der Waals surface area contributed by atoms with Crippen LogP contribution in [0.3, 0.4) is 0 Å². The third-order valence-corrected chi connectivity index (χ3v) is 13.8. The molecule has 0 spiro atoms. The number of ether oxygens (including phenoxy) is 2. The van der Waals surface area contributed by atoms with Gasteiger partial charge in [0, 0.05) is 33.2 Å². The fourth-order valence-corrected chi connectivity index (χ4v) is 10.9. The molecule has 0 fully saturated rings. The van der Waals surface area contributed by atoms with Crippen LogP contribution in [0.15, 0.2) is 243 Å². The topological polar surface area (TPSA) is 44.2 Å². The van der Waals surface area contributed by atoms with Crippen LogP contribution in [0.1, 0.15) is 62.6 Å². The SMILES string of the molecule is C1=CCC(C2(c3ccccc3)C3=C(CCCC3)c3c2ccc2c3Oc3c(cccc3-c3cccc(-c4cc(-c5ccccc5-c5ccccc5)nc(-c5ccccc5)n4)c3)O2)C=C1.C=C/C=C\C.C=CC. The van der Waals surface area contributed by atoms with E-state index in [9.17, 15) is 0 Å². The maximum Gasteiger partial charge on any atom is 0.177 e. The number of hydrogen-bond donors (Lipinski definition) is 0. The fraction of sp³-hybridized carbons (Fsp3) is 0.134. The van der Waals surface area contributed by atoms with Gasteiger partial charge in [-0.2, -0.15) is 0 Å². The number of benzene rings is 7. The molecule has 2 atom stereocenters. The number of fused-ring (bicyclic) bond motifs is 5. The number of rotatable bonds is 8. The highest BCUT2D eigenvalue weighted by molar-refractivity contribution is 5.90. The lowest BCUT2D eigenvalue weighted by Crippen LogP contribution is -2.37. The van der Waals surface area contributed by atoms with Gasteiger partial charge in [-0.15, -0.1) is 6.58 Å². The van der Waals surface area contributed by atoms with Crippen LogP contribution in [0.25, 0.3) is 61.7 Å². The van der Waals surface area contributed by atoms with Gasteiger partial charge in [-0.05, 0) is 110 Å². The van der Waals surface area contributed by atoms with Crippen molar-refractivity contribution in [3.63, 3.8) is 0 Å².